The first-order valence-corrected chi connectivity index (χ1v) is 12.0. The van der Waals surface area contributed by atoms with Crippen LogP contribution in [-0.2, 0) is 11.8 Å². The van der Waals surface area contributed by atoms with Crippen LogP contribution in [0.15, 0.2) is 120 Å². The van der Waals surface area contributed by atoms with E-state index in [4.69, 9.17) is 4.42 Å². The summed E-state index contributed by atoms with van der Waals surface area (Å²) in [6.45, 7) is 2.20. The Morgan fingerprint density at radius 3 is 1.91 bits per heavy atom. The second kappa shape index (κ2) is 7.20. The molecule has 6 aromatic rings. The van der Waals surface area contributed by atoms with Crippen molar-refractivity contribution in [2.75, 3.05) is 0 Å². The third kappa shape index (κ3) is 2.50. The van der Waals surface area contributed by atoms with Gasteiger partial charge in [0.05, 0.1) is 5.41 Å². The minimum atomic E-state index is -0.393. The third-order valence-corrected chi connectivity index (χ3v) is 7.52. The van der Waals surface area contributed by atoms with Gasteiger partial charge >= 0.3 is 0 Å². The van der Waals surface area contributed by atoms with Crippen LogP contribution in [-0.4, -0.2) is 0 Å². The molecule has 0 radical (unpaired) electrons. The molecule has 1 aliphatic rings. The maximum absolute atomic E-state index is 6.44. The van der Waals surface area contributed by atoms with E-state index in [-0.39, 0.29) is 0 Å². The monoisotopic (exact) mass is 436 g/mol. The molecule has 0 aliphatic heterocycles. The molecule has 0 saturated heterocycles. The highest BCUT2D eigenvalue weighted by atomic mass is 16.3. The molecule has 162 valence electrons. The molecule has 1 heteroatoms. The summed E-state index contributed by atoms with van der Waals surface area (Å²) in [6.07, 6.45) is 1.02. The smallest absolute Gasteiger partial charge is 0.135 e. The minimum absolute atomic E-state index is 0.393. The molecule has 0 spiro atoms. The van der Waals surface area contributed by atoms with E-state index in [0.29, 0.717) is 0 Å². The summed E-state index contributed by atoms with van der Waals surface area (Å²) in [4.78, 5) is 0. The van der Waals surface area contributed by atoms with Crippen molar-refractivity contribution in [1.82, 2.24) is 0 Å². The van der Waals surface area contributed by atoms with E-state index in [1.165, 1.54) is 49.7 Å². The van der Waals surface area contributed by atoms with Crippen molar-refractivity contribution in [2.24, 2.45) is 0 Å². The Bertz CT molecular complexity index is 1630. The minimum Gasteiger partial charge on any atom is -0.456 e. The van der Waals surface area contributed by atoms with E-state index < -0.39 is 5.41 Å². The Kier molecular flexibility index (Phi) is 4.10. The Hall–Kier alpha value is -4.10. The van der Waals surface area contributed by atoms with Gasteiger partial charge in [0.1, 0.15) is 11.2 Å². The summed E-state index contributed by atoms with van der Waals surface area (Å²) in [6, 6.07) is 41.9. The molecule has 5 aromatic carbocycles. The van der Waals surface area contributed by atoms with Gasteiger partial charge in [0.15, 0.2) is 0 Å². The van der Waals surface area contributed by atoms with Gasteiger partial charge in [-0.25, -0.2) is 0 Å². The van der Waals surface area contributed by atoms with Gasteiger partial charge in [-0.15, -0.1) is 0 Å². The average Bonchev–Trinajstić information content (AvgIpc) is 3.41. The van der Waals surface area contributed by atoms with Crippen molar-refractivity contribution in [2.45, 2.75) is 18.8 Å². The summed E-state index contributed by atoms with van der Waals surface area (Å²) in [5.74, 6) is 0. The molecule has 0 fully saturated rings. The molecule has 1 heterocycles. The lowest BCUT2D eigenvalue weighted by molar-refractivity contribution is 0.666. The van der Waals surface area contributed by atoms with Crippen LogP contribution in [0.3, 0.4) is 0 Å². The van der Waals surface area contributed by atoms with E-state index in [2.05, 4.69) is 122 Å². The lowest BCUT2D eigenvalue weighted by Gasteiger charge is -2.33. The van der Waals surface area contributed by atoms with Crippen molar-refractivity contribution in [1.29, 1.82) is 0 Å². The second-order valence-electron chi connectivity index (χ2n) is 9.21. The molecule has 1 nitrogen and oxygen atoms in total. The predicted molar refractivity (Wildman–Crippen MR) is 140 cm³/mol. The molecule has 0 atom stereocenters. The molecule has 0 amide bonds. The normalized spacial score (nSPS) is 13.8. The summed E-state index contributed by atoms with van der Waals surface area (Å²) < 4.78 is 6.44. The largest absolute Gasteiger partial charge is 0.456 e. The zero-order valence-corrected chi connectivity index (χ0v) is 19.1. The van der Waals surface area contributed by atoms with Gasteiger partial charge in [-0.05, 0) is 69.6 Å². The Labute approximate surface area is 199 Å². The summed E-state index contributed by atoms with van der Waals surface area (Å²) >= 11 is 0. The van der Waals surface area contributed by atoms with Crippen LogP contribution in [0.5, 0.6) is 0 Å². The first kappa shape index (κ1) is 19.4. The van der Waals surface area contributed by atoms with Crippen LogP contribution in [0.2, 0.25) is 0 Å². The third-order valence-electron chi connectivity index (χ3n) is 7.52. The number of fused-ring (bicyclic) bond motifs is 6. The predicted octanol–water partition coefficient (Wildman–Crippen LogP) is 8.51. The maximum Gasteiger partial charge on any atom is 0.135 e. The molecule has 7 rings (SSSR count). The Morgan fingerprint density at radius 2 is 1.21 bits per heavy atom. The molecule has 0 saturated carbocycles. The highest BCUT2D eigenvalue weighted by molar-refractivity contribution is 6.08. The van der Waals surface area contributed by atoms with Gasteiger partial charge < -0.3 is 4.42 Å². The Balaban J connectivity index is 1.65. The van der Waals surface area contributed by atoms with Crippen LogP contribution < -0.4 is 0 Å². The fraction of sp³-hybridized carbons (Fsp3) is 0.0909. The number of hydrogen-bond donors (Lipinski definition) is 0. The average molecular weight is 437 g/mol. The molecule has 0 N–H and O–H groups in total. The first-order valence-electron chi connectivity index (χ1n) is 12.0. The van der Waals surface area contributed by atoms with Crippen LogP contribution in [0.25, 0.3) is 33.1 Å². The fourth-order valence-corrected chi connectivity index (χ4v) is 5.98. The van der Waals surface area contributed by atoms with Crippen LogP contribution >= 0.6 is 0 Å². The van der Waals surface area contributed by atoms with Crippen LogP contribution in [0, 0.1) is 0 Å². The molecule has 1 aliphatic carbocycles. The fourth-order valence-electron chi connectivity index (χ4n) is 5.98. The number of benzene rings is 5. The summed E-state index contributed by atoms with van der Waals surface area (Å²) in [5, 5.41) is 2.39. The van der Waals surface area contributed by atoms with Crippen molar-refractivity contribution in [3.05, 3.63) is 143 Å². The van der Waals surface area contributed by atoms with Gasteiger partial charge in [0, 0.05) is 10.8 Å². The van der Waals surface area contributed by atoms with Crippen LogP contribution in [0.4, 0.5) is 0 Å². The maximum atomic E-state index is 6.44. The molecule has 34 heavy (non-hydrogen) atoms. The number of hydrogen-bond acceptors (Lipinski definition) is 1. The molecular formula is C33H24O. The van der Waals surface area contributed by atoms with E-state index in [1.54, 1.807) is 0 Å². The van der Waals surface area contributed by atoms with E-state index >= 15 is 0 Å². The number of aryl methyl sites for hydroxylation is 1. The zero-order valence-electron chi connectivity index (χ0n) is 19.1. The number of furan rings is 1. The summed E-state index contributed by atoms with van der Waals surface area (Å²) in [7, 11) is 0. The highest BCUT2D eigenvalue weighted by Crippen LogP contribution is 2.57. The highest BCUT2D eigenvalue weighted by Gasteiger charge is 2.46. The van der Waals surface area contributed by atoms with E-state index in [9.17, 15) is 0 Å². The summed E-state index contributed by atoms with van der Waals surface area (Å²) in [5.41, 5.74) is 10.6. The van der Waals surface area contributed by atoms with Gasteiger partial charge in [0.2, 0.25) is 0 Å². The van der Waals surface area contributed by atoms with Crippen molar-refractivity contribution in [3.8, 4) is 11.1 Å². The Morgan fingerprint density at radius 1 is 0.559 bits per heavy atom. The molecule has 1 aromatic heterocycles. The van der Waals surface area contributed by atoms with Crippen molar-refractivity contribution in [3.63, 3.8) is 0 Å². The molecular weight excluding hydrogens is 412 g/mol. The van der Waals surface area contributed by atoms with Gasteiger partial charge in [-0.3, -0.25) is 0 Å². The zero-order chi connectivity index (χ0) is 22.7. The SMILES string of the molecule is CCc1ccc2oc3cc4c(cc3c2c1)-c1ccccc1C4(c1ccccc1)c1ccccc1. The van der Waals surface area contributed by atoms with Crippen LogP contribution in [0.1, 0.15) is 34.7 Å². The van der Waals surface area contributed by atoms with Gasteiger partial charge in [0.25, 0.3) is 0 Å². The lowest BCUT2D eigenvalue weighted by atomic mass is 9.67. The molecule has 0 unspecified atom stereocenters. The van der Waals surface area contributed by atoms with Crippen molar-refractivity contribution >= 4 is 21.9 Å². The van der Waals surface area contributed by atoms with Gasteiger partial charge in [-0.1, -0.05) is 97.9 Å². The van der Waals surface area contributed by atoms with Gasteiger partial charge in [-0.2, -0.15) is 0 Å². The van der Waals surface area contributed by atoms with E-state index in [0.717, 1.165) is 17.6 Å². The quantitative estimate of drug-likeness (QED) is 0.270. The van der Waals surface area contributed by atoms with E-state index in [1.807, 2.05) is 0 Å². The molecule has 0 bridgehead atoms. The first-order chi connectivity index (χ1) is 16.8. The topological polar surface area (TPSA) is 13.1 Å². The lowest BCUT2D eigenvalue weighted by Crippen LogP contribution is -2.28. The second-order valence-corrected chi connectivity index (χ2v) is 9.21. The van der Waals surface area contributed by atoms with Crippen molar-refractivity contribution < 1.29 is 4.42 Å². The number of rotatable bonds is 3. The standard InChI is InChI=1S/C33H24O/c1-2-22-17-18-31-27(19-22)28-20-26-25-15-9-10-16-29(25)33(23-11-5-3-6-12-23,24-13-7-4-8-14-24)30(26)21-32(28)34-31/h3-21H,2H2,1H3.